The minimum absolute atomic E-state index is 0.241. The van der Waals surface area contributed by atoms with Crippen molar-refractivity contribution in [3.63, 3.8) is 0 Å². The second kappa shape index (κ2) is 7.52. The van der Waals surface area contributed by atoms with Gasteiger partial charge in [0.15, 0.2) is 5.79 Å². The molecule has 1 aliphatic carbocycles. The Bertz CT molecular complexity index is 509. The number of likely N-dealkylation sites (tertiary alicyclic amines) is 1. The first-order valence-electron chi connectivity index (χ1n) is 9.63. The summed E-state index contributed by atoms with van der Waals surface area (Å²) >= 11 is 0. The largest absolute Gasteiger partial charge is 0.348 e. The molecule has 1 saturated carbocycles. The first-order chi connectivity index (χ1) is 11.8. The van der Waals surface area contributed by atoms with Crippen molar-refractivity contribution in [2.45, 2.75) is 63.4 Å². The molecule has 4 heteroatoms. The SMILES string of the molecule is c1cc(CN2CCCC2)ccc1CNC1CCC2(CC1)OCCO2. The van der Waals surface area contributed by atoms with E-state index in [9.17, 15) is 0 Å². The molecule has 24 heavy (non-hydrogen) atoms. The Morgan fingerprint density at radius 3 is 2.25 bits per heavy atom. The van der Waals surface area contributed by atoms with E-state index in [0.29, 0.717) is 6.04 Å². The van der Waals surface area contributed by atoms with E-state index in [2.05, 4.69) is 34.5 Å². The average molecular weight is 330 g/mol. The van der Waals surface area contributed by atoms with E-state index in [1.54, 1.807) is 0 Å². The van der Waals surface area contributed by atoms with Gasteiger partial charge in [-0.05, 0) is 49.9 Å². The zero-order valence-electron chi connectivity index (χ0n) is 14.6. The highest BCUT2D eigenvalue weighted by atomic mass is 16.7. The van der Waals surface area contributed by atoms with Gasteiger partial charge in [-0.25, -0.2) is 0 Å². The highest BCUT2D eigenvalue weighted by molar-refractivity contribution is 5.22. The molecule has 4 rings (SSSR count). The van der Waals surface area contributed by atoms with Crippen molar-refractivity contribution in [1.29, 1.82) is 0 Å². The zero-order valence-corrected chi connectivity index (χ0v) is 14.6. The summed E-state index contributed by atoms with van der Waals surface area (Å²) in [5.74, 6) is -0.241. The van der Waals surface area contributed by atoms with Crippen LogP contribution in [0.3, 0.4) is 0 Å². The fraction of sp³-hybridized carbons (Fsp3) is 0.700. The van der Waals surface area contributed by atoms with Gasteiger partial charge in [0.25, 0.3) is 0 Å². The molecule has 132 valence electrons. The van der Waals surface area contributed by atoms with Gasteiger partial charge in [0.2, 0.25) is 0 Å². The number of nitrogens with zero attached hydrogens (tertiary/aromatic N) is 1. The Balaban J connectivity index is 1.21. The van der Waals surface area contributed by atoms with Crippen LogP contribution in [-0.2, 0) is 22.6 Å². The van der Waals surface area contributed by atoms with Crippen LogP contribution in [0.15, 0.2) is 24.3 Å². The molecular weight excluding hydrogens is 300 g/mol. The number of benzene rings is 1. The van der Waals surface area contributed by atoms with Crippen molar-refractivity contribution in [3.05, 3.63) is 35.4 Å². The molecule has 0 atom stereocenters. The molecule has 0 amide bonds. The standard InChI is InChI=1S/C20H30N2O2/c1-2-12-22(11-1)16-18-5-3-17(4-6-18)15-21-19-7-9-20(10-8-19)23-13-14-24-20/h3-6,19,21H,1-2,7-16H2. The quantitative estimate of drug-likeness (QED) is 0.900. The van der Waals surface area contributed by atoms with Crippen molar-refractivity contribution in [2.24, 2.45) is 0 Å². The first-order valence-corrected chi connectivity index (χ1v) is 9.63. The summed E-state index contributed by atoms with van der Waals surface area (Å²) in [4.78, 5) is 2.55. The number of ether oxygens (including phenoxy) is 2. The van der Waals surface area contributed by atoms with E-state index in [0.717, 1.165) is 52.0 Å². The summed E-state index contributed by atoms with van der Waals surface area (Å²) in [5, 5.41) is 3.72. The predicted octanol–water partition coefficient (Wildman–Crippen LogP) is 3.06. The molecule has 0 aromatic heterocycles. The monoisotopic (exact) mass is 330 g/mol. The Morgan fingerprint density at radius 2 is 1.58 bits per heavy atom. The van der Waals surface area contributed by atoms with Crippen molar-refractivity contribution in [2.75, 3.05) is 26.3 Å². The van der Waals surface area contributed by atoms with Crippen LogP contribution >= 0.6 is 0 Å². The van der Waals surface area contributed by atoms with Gasteiger partial charge in [0.05, 0.1) is 13.2 Å². The third-order valence-corrected chi connectivity index (χ3v) is 5.78. The van der Waals surface area contributed by atoms with E-state index in [-0.39, 0.29) is 5.79 Å². The fourth-order valence-electron chi connectivity index (χ4n) is 4.27. The molecular formula is C20H30N2O2. The van der Waals surface area contributed by atoms with E-state index in [4.69, 9.17) is 9.47 Å². The van der Waals surface area contributed by atoms with E-state index in [1.807, 2.05) is 0 Å². The molecule has 0 unspecified atom stereocenters. The van der Waals surface area contributed by atoms with Crippen molar-refractivity contribution in [1.82, 2.24) is 10.2 Å². The number of hydrogen-bond donors (Lipinski definition) is 1. The molecule has 1 spiro atoms. The van der Waals surface area contributed by atoms with Crippen LogP contribution in [0, 0.1) is 0 Å². The molecule has 0 bridgehead atoms. The third-order valence-electron chi connectivity index (χ3n) is 5.78. The Labute approximate surface area is 145 Å². The molecule has 2 aliphatic heterocycles. The molecule has 2 heterocycles. The smallest absolute Gasteiger partial charge is 0.168 e. The fourth-order valence-corrected chi connectivity index (χ4v) is 4.27. The summed E-state index contributed by atoms with van der Waals surface area (Å²) in [6.07, 6.45) is 7.07. The maximum Gasteiger partial charge on any atom is 0.168 e. The average Bonchev–Trinajstić information content (AvgIpc) is 3.28. The number of nitrogens with one attached hydrogen (secondary N) is 1. The summed E-state index contributed by atoms with van der Waals surface area (Å²) in [6, 6.07) is 9.75. The van der Waals surface area contributed by atoms with Crippen LogP contribution in [0.2, 0.25) is 0 Å². The van der Waals surface area contributed by atoms with Gasteiger partial charge in [0.1, 0.15) is 0 Å². The normalized spacial score (nSPS) is 24.8. The van der Waals surface area contributed by atoms with Crippen LogP contribution in [0.25, 0.3) is 0 Å². The Morgan fingerprint density at radius 1 is 0.958 bits per heavy atom. The summed E-state index contributed by atoms with van der Waals surface area (Å²) in [6.45, 7) is 6.13. The van der Waals surface area contributed by atoms with Crippen LogP contribution < -0.4 is 5.32 Å². The lowest BCUT2D eigenvalue weighted by molar-refractivity contribution is -0.179. The molecule has 1 aromatic rings. The van der Waals surface area contributed by atoms with E-state index >= 15 is 0 Å². The van der Waals surface area contributed by atoms with Gasteiger partial charge < -0.3 is 14.8 Å². The Kier molecular flexibility index (Phi) is 5.18. The van der Waals surface area contributed by atoms with Gasteiger partial charge >= 0.3 is 0 Å². The highest BCUT2D eigenvalue weighted by Crippen LogP contribution is 2.35. The second-order valence-electron chi connectivity index (χ2n) is 7.56. The van der Waals surface area contributed by atoms with Crippen LogP contribution in [0.5, 0.6) is 0 Å². The Hall–Kier alpha value is -0.940. The third kappa shape index (κ3) is 3.99. The molecule has 1 aromatic carbocycles. The van der Waals surface area contributed by atoms with Gasteiger partial charge in [-0.3, -0.25) is 4.90 Å². The lowest BCUT2D eigenvalue weighted by atomic mass is 9.90. The first kappa shape index (κ1) is 16.5. The lowest BCUT2D eigenvalue weighted by Gasteiger charge is -2.35. The van der Waals surface area contributed by atoms with Gasteiger partial charge in [0, 0.05) is 32.0 Å². The van der Waals surface area contributed by atoms with Gasteiger partial charge in [-0.15, -0.1) is 0 Å². The molecule has 0 radical (unpaired) electrons. The van der Waals surface area contributed by atoms with Crippen LogP contribution in [0.4, 0.5) is 0 Å². The van der Waals surface area contributed by atoms with Crippen molar-refractivity contribution < 1.29 is 9.47 Å². The molecule has 3 fully saturated rings. The highest BCUT2D eigenvalue weighted by Gasteiger charge is 2.40. The lowest BCUT2D eigenvalue weighted by Crippen LogP contribution is -2.41. The molecule has 1 N–H and O–H groups in total. The van der Waals surface area contributed by atoms with Gasteiger partial charge in [-0.2, -0.15) is 0 Å². The summed E-state index contributed by atoms with van der Waals surface area (Å²) in [7, 11) is 0. The maximum atomic E-state index is 5.81. The summed E-state index contributed by atoms with van der Waals surface area (Å²) in [5.41, 5.74) is 2.82. The number of hydrogen-bond acceptors (Lipinski definition) is 4. The predicted molar refractivity (Wildman–Crippen MR) is 94.7 cm³/mol. The minimum Gasteiger partial charge on any atom is -0.348 e. The second-order valence-corrected chi connectivity index (χ2v) is 7.56. The zero-order chi connectivity index (χ0) is 16.2. The van der Waals surface area contributed by atoms with Crippen LogP contribution in [0.1, 0.15) is 49.7 Å². The van der Waals surface area contributed by atoms with E-state index in [1.165, 1.54) is 37.1 Å². The molecule has 4 nitrogen and oxygen atoms in total. The summed E-state index contributed by atoms with van der Waals surface area (Å²) < 4.78 is 11.6. The van der Waals surface area contributed by atoms with Crippen LogP contribution in [-0.4, -0.2) is 43.0 Å². The minimum atomic E-state index is -0.241. The van der Waals surface area contributed by atoms with E-state index < -0.39 is 0 Å². The topological polar surface area (TPSA) is 33.7 Å². The molecule has 3 aliphatic rings. The van der Waals surface area contributed by atoms with Crippen molar-refractivity contribution in [3.8, 4) is 0 Å². The number of rotatable bonds is 5. The van der Waals surface area contributed by atoms with Crippen molar-refractivity contribution >= 4 is 0 Å². The molecule has 2 saturated heterocycles. The maximum absolute atomic E-state index is 5.81. The van der Waals surface area contributed by atoms with Gasteiger partial charge in [-0.1, -0.05) is 24.3 Å².